The fourth-order valence-corrected chi connectivity index (χ4v) is 3.87. The van der Waals surface area contributed by atoms with E-state index in [4.69, 9.17) is 0 Å². The van der Waals surface area contributed by atoms with Gasteiger partial charge in [-0.15, -0.1) is 0 Å². The predicted octanol–water partition coefficient (Wildman–Crippen LogP) is 5.58. The molecule has 0 aromatic rings. The van der Waals surface area contributed by atoms with Crippen molar-refractivity contribution < 1.29 is 8.76 Å². The third-order valence-electron chi connectivity index (χ3n) is 4.49. The second-order valence-electron chi connectivity index (χ2n) is 6.68. The van der Waals surface area contributed by atoms with E-state index in [2.05, 4.69) is 27.7 Å². The van der Waals surface area contributed by atoms with E-state index in [1.807, 2.05) is 0 Å². The van der Waals surface area contributed by atoms with Crippen LogP contribution in [-0.2, 0) is 11.3 Å². The zero-order valence-electron chi connectivity index (χ0n) is 15.3. The summed E-state index contributed by atoms with van der Waals surface area (Å²) in [6.45, 7) is 8.55. The van der Waals surface area contributed by atoms with Crippen LogP contribution in [0.15, 0.2) is 0 Å². The van der Waals surface area contributed by atoms with Crippen molar-refractivity contribution in [2.45, 2.75) is 117 Å². The number of hydrogen-bond donors (Lipinski definition) is 0. The standard InChI is InChI=1S/C18H39NO2S/c1-5-7-9-11-13-15-17(3)19(22(20)21)18(4)16-14-12-10-8-6-2/h17-18H,5-16H2,1-4H3,(H,20,21)/p-1. The lowest BCUT2D eigenvalue weighted by Crippen LogP contribution is -2.41. The summed E-state index contributed by atoms with van der Waals surface area (Å²) in [7, 11) is 0. The minimum atomic E-state index is -2.10. The smallest absolute Gasteiger partial charge is 0.0214 e. The molecule has 134 valence electrons. The molecule has 0 saturated heterocycles. The maximum atomic E-state index is 11.6. The summed E-state index contributed by atoms with van der Waals surface area (Å²) in [6, 6.07) is 0.260. The first-order chi connectivity index (χ1) is 10.5. The van der Waals surface area contributed by atoms with Crippen LogP contribution in [0.5, 0.6) is 0 Å². The lowest BCUT2D eigenvalue weighted by molar-refractivity contribution is 0.237. The van der Waals surface area contributed by atoms with Crippen LogP contribution in [-0.4, -0.2) is 25.2 Å². The lowest BCUT2D eigenvalue weighted by Gasteiger charge is -2.35. The van der Waals surface area contributed by atoms with Crippen molar-refractivity contribution in [3.63, 3.8) is 0 Å². The molecule has 0 bridgehead atoms. The van der Waals surface area contributed by atoms with Crippen molar-refractivity contribution in [2.75, 3.05) is 0 Å². The maximum absolute atomic E-state index is 11.6. The second kappa shape index (κ2) is 14.6. The average Bonchev–Trinajstić information content (AvgIpc) is 2.46. The molecule has 0 aromatic heterocycles. The van der Waals surface area contributed by atoms with Gasteiger partial charge < -0.3 is 4.55 Å². The molecule has 3 unspecified atom stereocenters. The van der Waals surface area contributed by atoms with Gasteiger partial charge in [0.2, 0.25) is 0 Å². The molecule has 3 nitrogen and oxygen atoms in total. The molecule has 0 fully saturated rings. The van der Waals surface area contributed by atoms with E-state index in [1.54, 1.807) is 4.31 Å². The molecule has 0 aliphatic rings. The molecule has 0 N–H and O–H groups in total. The molecule has 4 heteroatoms. The van der Waals surface area contributed by atoms with Gasteiger partial charge in [-0.25, -0.2) is 4.31 Å². The molecule has 0 aromatic carbocycles. The monoisotopic (exact) mass is 332 g/mol. The van der Waals surface area contributed by atoms with Gasteiger partial charge in [0, 0.05) is 23.4 Å². The largest absolute Gasteiger partial charge is 0.760 e. The zero-order valence-corrected chi connectivity index (χ0v) is 16.1. The fourth-order valence-electron chi connectivity index (χ4n) is 3.07. The summed E-state index contributed by atoms with van der Waals surface area (Å²) in [4.78, 5) is 0. The molecular formula is C18H38NO2S-. The van der Waals surface area contributed by atoms with Gasteiger partial charge in [-0.1, -0.05) is 78.1 Å². The van der Waals surface area contributed by atoms with Crippen LogP contribution >= 0.6 is 0 Å². The van der Waals surface area contributed by atoms with Crippen LogP contribution in [0.3, 0.4) is 0 Å². The Kier molecular flexibility index (Phi) is 14.7. The third-order valence-corrected chi connectivity index (χ3v) is 5.56. The van der Waals surface area contributed by atoms with Gasteiger partial charge in [0.25, 0.3) is 0 Å². The van der Waals surface area contributed by atoms with Crippen LogP contribution in [0.25, 0.3) is 0 Å². The van der Waals surface area contributed by atoms with Crippen molar-refractivity contribution in [2.24, 2.45) is 0 Å². The Balaban J connectivity index is 4.07. The Morgan fingerprint density at radius 3 is 1.45 bits per heavy atom. The van der Waals surface area contributed by atoms with Gasteiger partial charge in [0.1, 0.15) is 0 Å². The minimum Gasteiger partial charge on any atom is -0.760 e. The third kappa shape index (κ3) is 10.7. The number of rotatable bonds is 15. The Morgan fingerprint density at radius 2 is 1.14 bits per heavy atom. The molecule has 0 spiro atoms. The maximum Gasteiger partial charge on any atom is 0.0214 e. The topological polar surface area (TPSA) is 43.4 Å². The highest BCUT2D eigenvalue weighted by Gasteiger charge is 2.20. The molecule has 0 amide bonds. The number of unbranched alkanes of at least 4 members (excludes halogenated alkanes) is 8. The minimum absolute atomic E-state index is 0.130. The Labute approximate surface area is 141 Å². The molecule has 0 aliphatic carbocycles. The summed E-state index contributed by atoms with van der Waals surface area (Å²) in [6.07, 6.45) is 14.3. The van der Waals surface area contributed by atoms with E-state index in [0.717, 1.165) is 25.7 Å². The quantitative estimate of drug-likeness (QED) is 0.290. The molecular weight excluding hydrogens is 294 g/mol. The van der Waals surface area contributed by atoms with E-state index >= 15 is 0 Å². The summed E-state index contributed by atoms with van der Waals surface area (Å²) >= 11 is -2.10. The van der Waals surface area contributed by atoms with Crippen molar-refractivity contribution in [1.29, 1.82) is 0 Å². The first kappa shape index (κ1) is 22.1. The van der Waals surface area contributed by atoms with E-state index in [-0.39, 0.29) is 12.1 Å². The first-order valence-electron chi connectivity index (χ1n) is 9.42. The zero-order chi connectivity index (χ0) is 16.8. The van der Waals surface area contributed by atoms with Crippen molar-refractivity contribution in [3.05, 3.63) is 0 Å². The number of nitrogens with zero attached hydrogens (tertiary/aromatic N) is 1. The lowest BCUT2D eigenvalue weighted by atomic mass is 10.0. The SMILES string of the molecule is CCCCCCCC(C)N(C(C)CCCCCCC)S(=O)[O-]. The highest BCUT2D eigenvalue weighted by molar-refractivity contribution is 7.76. The van der Waals surface area contributed by atoms with Crippen molar-refractivity contribution >= 4 is 11.3 Å². The van der Waals surface area contributed by atoms with Gasteiger partial charge >= 0.3 is 0 Å². The van der Waals surface area contributed by atoms with Crippen LogP contribution in [0.4, 0.5) is 0 Å². The van der Waals surface area contributed by atoms with E-state index in [0.29, 0.717) is 0 Å². The Bertz CT molecular complexity index is 254. The molecule has 22 heavy (non-hydrogen) atoms. The summed E-state index contributed by atoms with van der Waals surface area (Å²) in [5.41, 5.74) is 0. The molecule has 3 atom stereocenters. The molecule has 0 aliphatic heterocycles. The van der Waals surface area contributed by atoms with Crippen LogP contribution < -0.4 is 0 Å². The van der Waals surface area contributed by atoms with E-state index in [1.165, 1.54) is 51.4 Å². The predicted molar refractivity (Wildman–Crippen MR) is 96.4 cm³/mol. The van der Waals surface area contributed by atoms with Gasteiger partial charge in [-0.3, -0.25) is 4.21 Å². The van der Waals surface area contributed by atoms with Gasteiger partial charge in [0.15, 0.2) is 0 Å². The average molecular weight is 333 g/mol. The summed E-state index contributed by atoms with van der Waals surface area (Å²) in [5, 5.41) is 0. The van der Waals surface area contributed by atoms with Crippen molar-refractivity contribution in [3.8, 4) is 0 Å². The first-order valence-corrected chi connectivity index (χ1v) is 10.4. The van der Waals surface area contributed by atoms with Crippen molar-refractivity contribution in [1.82, 2.24) is 4.31 Å². The van der Waals surface area contributed by atoms with E-state index < -0.39 is 11.3 Å². The highest BCUT2D eigenvalue weighted by Crippen LogP contribution is 2.19. The highest BCUT2D eigenvalue weighted by atomic mass is 32.2. The van der Waals surface area contributed by atoms with Crippen LogP contribution in [0.2, 0.25) is 0 Å². The van der Waals surface area contributed by atoms with Gasteiger partial charge in [-0.05, 0) is 26.7 Å². The molecule has 0 heterocycles. The van der Waals surface area contributed by atoms with E-state index in [9.17, 15) is 8.76 Å². The molecule has 0 saturated carbocycles. The Hall–Kier alpha value is 0.0700. The summed E-state index contributed by atoms with van der Waals surface area (Å²) in [5.74, 6) is 0. The second-order valence-corrected chi connectivity index (χ2v) is 7.54. The molecule has 0 rings (SSSR count). The Morgan fingerprint density at radius 1 is 0.773 bits per heavy atom. The number of hydrogen-bond acceptors (Lipinski definition) is 2. The summed E-state index contributed by atoms with van der Waals surface area (Å²) < 4.78 is 24.9. The van der Waals surface area contributed by atoms with Crippen LogP contribution in [0, 0.1) is 0 Å². The van der Waals surface area contributed by atoms with Gasteiger partial charge in [0.05, 0.1) is 0 Å². The van der Waals surface area contributed by atoms with Crippen LogP contribution in [0.1, 0.15) is 105 Å². The normalized spacial score (nSPS) is 15.9. The molecule has 0 radical (unpaired) electrons. The van der Waals surface area contributed by atoms with Gasteiger partial charge in [-0.2, -0.15) is 0 Å². The fraction of sp³-hybridized carbons (Fsp3) is 1.00.